The van der Waals surface area contributed by atoms with E-state index in [0.717, 1.165) is 35.3 Å². The molecule has 4 rings (SSSR count). The van der Waals surface area contributed by atoms with Gasteiger partial charge in [-0.2, -0.15) is 0 Å². The number of carbonyl (C=O) groups excluding carboxylic acids is 1. The first-order valence-electron chi connectivity index (χ1n) is 9.98. The zero-order valence-electron chi connectivity index (χ0n) is 16.5. The molecule has 2 aliphatic heterocycles. The first-order valence-corrected chi connectivity index (χ1v) is 11.9. The number of sulfonamides is 1. The molecule has 0 saturated carbocycles. The first-order chi connectivity index (χ1) is 13.9. The van der Waals surface area contributed by atoms with E-state index in [4.69, 9.17) is 4.74 Å². The molecule has 1 fully saturated rings. The molecule has 7 heteroatoms. The molecular formula is C22H26N2O4S. The number of hydrogen-bond acceptors (Lipinski definition) is 4. The Morgan fingerprint density at radius 3 is 2.79 bits per heavy atom. The van der Waals surface area contributed by atoms with Crippen LogP contribution in [0, 0.1) is 0 Å². The molecule has 0 aromatic heterocycles. The fourth-order valence-corrected chi connectivity index (χ4v) is 5.19. The lowest BCUT2D eigenvalue weighted by Gasteiger charge is -2.41. The highest BCUT2D eigenvalue weighted by molar-refractivity contribution is 7.88. The van der Waals surface area contributed by atoms with Gasteiger partial charge in [0.05, 0.1) is 25.3 Å². The second kappa shape index (κ2) is 8.16. The summed E-state index contributed by atoms with van der Waals surface area (Å²) in [6.45, 7) is 0.935. The molecule has 154 valence electrons. The summed E-state index contributed by atoms with van der Waals surface area (Å²) in [4.78, 5) is 14.8. The van der Waals surface area contributed by atoms with Crippen LogP contribution >= 0.6 is 0 Å². The average Bonchev–Trinajstić information content (AvgIpc) is 2.68. The molecule has 6 nitrogen and oxygen atoms in total. The predicted octanol–water partition coefficient (Wildman–Crippen LogP) is 2.59. The molecule has 0 unspecified atom stereocenters. The van der Waals surface area contributed by atoms with Crippen molar-refractivity contribution in [3.63, 3.8) is 0 Å². The number of benzene rings is 2. The largest absolute Gasteiger partial charge is 0.492 e. The van der Waals surface area contributed by atoms with Crippen LogP contribution in [-0.4, -0.2) is 50.7 Å². The highest BCUT2D eigenvalue weighted by Gasteiger charge is 2.35. The van der Waals surface area contributed by atoms with E-state index in [1.165, 1.54) is 6.26 Å². The van der Waals surface area contributed by atoms with E-state index in [1.807, 2.05) is 47.4 Å². The van der Waals surface area contributed by atoms with Crippen molar-refractivity contribution in [2.45, 2.75) is 37.8 Å². The van der Waals surface area contributed by atoms with Crippen molar-refractivity contribution in [2.24, 2.45) is 0 Å². The number of piperidine rings is 1. The second-order valence-electron chi connectivity index (χ2n) is 7.79. The third-order valence-corrected chi connectivity index (χ3v) is 6.34. The van der Waals surface area contributed by atoms with Crippen LogP contribution in [0.1, 0.15) is 24.8 Å². The fraction of sp³-hybridized carbons (Fsp3) is 0.409. The zero-order valence-corrected chi connectivity index (χ0v) is 17.3. The van der Waals surface area contributed by atoms with Gasteiger partial charge in [0.1, 0.15) is 5.75 Å². The van der Waals surface area contributed by atoms with Crippen LogP contribution < -0.4 is 9.46 Å². The summed E-state index contributed by atoms with van der Waals surface area (Å²) in [5.41, 5.74) is 3.12. The molecular weight excluding hydrogens is 388 g/mol. The Bertz CT molecular complexity index is 1010. The van der Waals surface area contributed by atoms with Crippen molar-refractivity contribution in [3.05, 3.63) is 54.1 Å². The average molecular weight is 415 g/mol. The lowest BCUT2D eigenvalue weighted by molar-refractivity contribution is -0.136. The van der Waals surface area contributed by atoms with Crippen LogP contribution in [0.3, 0.4) is 0 Å². The van der Waals surface area contributed by atoms with E-state index in [9.17, 15) is 13.2 Å². The summed E-state index contributed by atoms with van der Waals surface area (Å²) >= 11 is 0. The van der Waals surface area contributed by atoms with Crippen LogP contribution in [-0.2, 0) is 21.2 Å². The molecule has 2 heterocycles. The standard InChI is InChI=1S/C22H26N2O4S/c1-29(26,27)23-19-9-5-12-24-20(19)15-16-6-4-7-17(14-16)18-8-2-3-10-21(18)28-13-11-22(24)25/h2-4,6-8,10,14,19-20,23H,5,9,11-13,15H2,1H3/t19-,20-/m0/s1. The molecule has 2 bridgehead atoms. The van der Waals surface area contributed by atoms with Gasteiger partial charge in [0, 0.05) is 18.2 Å². The van der Waals surface area contributed by atoms with E-state index in [0.29, 0.717) is 19.6 Å². The molecule has 1 N–H and O–H groups in total. The van der Waals surface area contributed by atoms with E-state index < -0.39 is 10.0 Å². The third kappa shape index (κ3) is 4.62. The quantitative estimate of drug-likeness (QED) is 0.820. The van der Waals surface area contributed by atoms with Gasteiger partial charge in [0.2, 0.25) is 15.9 Å². The van der Waals surface area contributed by atoms with Crippen molar-refractivity contribution in [1.82, 2.24) is 9.62 Å². The van der Waals surface area contributed by atoms with Gasteiger partial charge in [-0.25, -0.2) is 13.1 Å². The minimum Gasteiger partial charge on any atom is -0.492 e. The van der Waals surface area contributed by atoms with Crippen molar-refractivity contribution in [2.75, 3.05) is 19.4 Å². The van der Waals surface area contributed by atoms with Crippen LogP contribution in [0.25, 0.3) is 11.1 Å². The van der Waals surface area contributed by atoms with Crippen molar-refractivity contribution in [1.29, 1.82) is 0 Å². The first kappa shape index (κ1) is 19.9. The summed E-state index contributed by atoms with van der Waals surface area (Å²) in [7, 11) is -3.36. The van der Waals surface area contributed by atoms with Crippen molar-refractivity contribution in [3.8, 4) is 16.9 Å². The number of hydrogen-bond donors (Lipinski definition) is 1. The van der Waals surface area contributed by atoms with E-state index in [1.54, 1.807) is 0 Å². The highest BCUT2D eigenvalue weighted by atomic mass is 32.2. The van der Waals surface area contributed by atoms with E-state index in [2.05, 4.69) is 10.8 Å². The monoisotopic (exact) mass is 414 g/mol. The molecule has 2 atom stereocenters. The Morgan fingerprint density at radius 1 is 1.14 bits per heavy atom. The second-order valence-corrected chi connectivity index (χ2v) is 9.57. The molecule has 1 saturated heterocycles. The number of ether oxygens (including phenoxy) is 1. The molecule has 2 aromatic rings. The Hall–Kier alpha value is -2.38. The fourth-order valence-electron chi connectivity index (χ4n) is 4.36. The maximum atomic E-state index is 13.0. The molecule has 2 aliphatic rings. The summed E-state index contributed by atoms with van der Waals surface area (Å²) < 4.78 is 32.5. The number of nitrogens with one attached hydrogen (secondary N) is 1. The summed E-state index contributed by atoms with van der Waals surface area (Å²) in [6, 6.07) is 15.5. The van der Waals surface area contributed by atoms with Gasteiger partial charge in [-0.1, -0.05) is 42.5 Å². The van der Waals surface area contributed by atoms with Crippen LogP contribution in [0.4, 0.5) is 0 Å². The normalized spacial score (nSPS) is 22.5. The zero-order chi connectivity index (χ0) is 20.4. The van der Waals surface area contributed by atoms with Gasteiger partial charge in [-0.05, 0) is 36.5 Å². The van der Waals surface area contributed by atoms with Gasteiger partial charge in [-0.3, -0.25) is 4.79 Å². The van der Waals surface area contributed by atoms with E-state index in [-0.39, 0.29) is 24.4 Å². The van der Waals surface area contributed by atoms with Gasteiger partial charge >= 0.3 is 0 Å². The van der Waals surface area contributed by atoms with Gasteiger partial charge in [0.25, 0.3) is 0 Å². The third-order valence-electron chi connectivity index (χ3n) is 5.61. The van der Waals surface area contributed by atoms with Crippen molar-refractivity contribution < 1.29 is 17.9 Å². The maximum Gasteiger partial charge on any atom is 0.226 e. The Balaban J connectivity index is 1.75. The summed E-state index contributed by atoms with van der Waals surface area (Å²) in [5.74, 6) is 0.772. The molecule has 29 heavy (non-hydrogen) atoms. The minimum atomic E-state index is -3.36. The number of rotatable bonds is 2. The molecule has 2 aromatic carbocycles. The topological polar surface area (TPSA) is 75.7 Å². The Morgan fingerprint density at radius 2 is 1.97 bits per heavy atom. The molecule has 0 radical (unpaired) electrons. The van der Waals surface area contributed by atoms with Crippen molar-refractivity contribution >= 4 is 15.9 Å². The molecule has 0 aliphatic carbocycles. The lowest BCUT2D eigenvalue weighted by atomic mass is 9.90. The molecule has 0 spiro atoms. The minimum absolute atomic E-state index is 0.00390. The smallest absolute Gasteiger partial charge is 0.226 e. The van der Waals surface area contributed by atoms with Gasteiger partial charge in [-0.15, -0.1) is 0 Å². The summed E-state index contributed by atoms with van der Waals surface area (Å²) in [6.07, 6.45) is 3.55. The highest BCUT2D eigenvalue weighted by Crippen LogP contribution is 2.32. The Kier molecular flexibility index (Phi) is 5.61. The Labute approximate surface area is 171 Å². The number of para-hydroxylation sites is 1. The number of nitrogens with zero attached hydrogens (tertiary/aromatic N) is 1. The summed E-state index contributed by atoms with van der Waals surface area (Å²) in [5, 5.41) is 0. The lowest BCUT2D eigenvalue weighted by Crippen LogP contribution is -2.57. The maximum absolute atomic E-state index is 13.0. The molecule has 1 amide bonds. The van der Waals surface area contributed by atoms with Gasteiger partial charge < -0.3 is 9.64 Å². The number of fused-ring (bicyclic) bond motifs is 5. The SMILES string of the molecule is CS(=O)(=O)N[C@H]1CCCN2C(=O)CCOc3ccccc3-c3cccc(c3)C[C@@H]12. The number of carbonyl (C=O) groups is 1. The van der Waals surface area contributed by atoms with Crippen LogP contribution in [0.5, 0.6) is 5.75 Å². The van der Waals surface area contributed by atoms with Gasteiger partial charge in [0.15, 0.2) is 0 Å². The predicted molar refractivity (Wildman–Crippen MR) is 112 cm³/mol. The van der Waals surface area contributed by atoms with Crippen LogP contribution in [0.2, 0.25) is 0 Å². The van der Waals surface area contributed by atoms with E-state index >= 15 is 0 Å². The number of amides is 1. The van der Waals surface area contributed by atoms with Crippen LogP contribution in [0.15, 0.2) is 48.5 Å².